The molecule has 0 atom stereocenters. The minimum atomic E-state index is 0.371. The zero-order chi connectivity index (χ0) is 14.7. The van der Waals surface area contributed by atoms with Gasteiger partial charge in [0.15, 0.2) is 0 Å². The van der Waals surface area contributed by atoms with Crippen molar-refractivity contribution in [2.75, 3.05) is 0 Å². The SMILES string of the molecule is CC(C)c1cc(Br)ccc1Oc1ccc(Cl)cc1CN. The number of benzene rings is 2. The van der Waals surface area contributed by atoms with Crippen molar-refractivity contribution in [3.8, 4) is 11.5 Å². The Bertz CT molecular complexity index is 613. The van der Waals surface area contributed by atoms with Crippen molar-refractivity contribution in [2.24, 2.45) is 5.73 Å². The van der Waals surface area contributed by atoms with Gasteiger partial charge < -0.3 is 10.5 Å². The summed E-state index contributed by atoms with van der Waals surface area (Å²) in [7, 11) is 0. The fourth-order valence-electron chi connectivity index (χ4n) is 1.99. The van der Waals surface area contributed by atoms with Crippen molar-refractivity contribution in [2.45, 2.75) is 26.3 Å². The molecule has 0 spiro atoms. The van der Waals surface area contributed by atoms with Gasteiger partial charge in [0.05, 0.1) is 0 Å². The lowest BCUT2D eigenvalue weighted by Crippen LogP contribution is -2.01. The Kier molecular flexibility index (Phi) is 5.08. The number of halogens is 2. The van der Waals surface area contributed by atoms with Crippen LogP contribution in [0.3, 0.4) is 0 Å². The predicted molar refractivity (Wildman–Crippen MR) is 87.6 cm³/mol. The molecule has 106 valence electrons. The van der Waals surface area contributed by atoms with Gasteiger partial charge in [0, 0.05) is 21.6 Å². The molecule has 0 aliphatic carbocycles. The van der Waals surface area contributed by atoms with Crippen LogP contribution in [0.5, 0.6) is 11.5 Å². The summed E-state index contributed by atoms with van der Waals surface area (Å²) < 4.78 is 7.09. The summed E-state index contributed by atoms with van der Waals surface area (Å²) in [6, 6.07) is 11.5. The Morgan fingerprint density at radius 1 is 1.15 bits per heavy atom. The van der Waals surface area contributed by atoms with E-state index >= 15 is 0 Å². The molecule has 0 bridgehead atoms. The molecule has 0 radical (unpaired) electrons. The molecule has 0 amide bonds. The molecule has 2 N–H and O–H groups in total. The minimum Gasteiger partial charge on any atom is -0.457 e. The Morgan fingerprint density at radius 3 is 2.50 bits per heavy atom. The van der Waals surface area contributed by atoms with Crippen LogP contribution in [0.25, 0.3) is 0 Å². The molecule has 4 heteroatoms. The number of ether oxygens (including phenoxy) is 1. The van der Waals surface area contributed by atoms with Crippen LogP contribution in [0.2, 0.25) is 5.02 Å². The van der Waals surface area contributed by atoms with Gasteiger partial charge in [-0.25, -0.2) is 0 Å². The highest BCUT2D eigenvalue weighted by Crippen LogP contribution is 2.34. The van der Waals surface area contributed by atoms with Crippen LogP contribution in [0, 0.1) is 0 Å². The molecule has 0 aliphatic heterocycles. The smallest absolute Gasteiger partial charge is 0.132 e. The van der Waals surface area contributed by atoms with E-state index in [0.29, 0.717) is 17.5 Å². The first-order valence-electron chi connectivity index (χ1n) is 6.47. The normalized spacial score (nSPS) is 10.9. The topological polar surface area (TPSA) is 35.2 Å². The van der Waals surface area contributed by atoms with E-state index in [9.17, 15) is 0 Å². The maximum Gasteiger partial charge on any atom is 0.132 e. The Balaban J connectivity index is 2.39. The summed E-state index contributed by atoms with van der Waals surface area (Å²) in [5.41, 5.74) is 7.80. The second-order valence-corrected chi connectivity index (χ2v) is 6.25. The predicted octanol–water partition coefficient (Wildman–Crippen LogP) is 5.48. The average molecular weight is 355 g/mol. The summed E-state index contributed by atoms with van der Waals surface area (Å²) >= 11 is 9.48. The maximum absolute atomic E-state index is 6.04. The van der Waals surface area contributed by atoms with Crippen LogP contribution in [0.1, 0.15) is 30.9 Å². The first kappa shape index (κ1) is 15.4. The van der Waals surface area contributed by atoms with Crippen molar-refractivity contribution in [1.82, 2.24) is 0 Å². The molecule has 0 heterocycles. The third kappa shape index (κ3) is 3.54. The molecule has 2 aromatic carbocycles. The lowest BCUT2D eigenvalue weighted by molar-refractivity contribution is 0.467. The Hall–Kier alpha value is -1.03. The summed E-state index contributed by atoms with van der Waals surface area (Å²) in [5.74, 6) is 1.97. The van der Waals surface area contributed by atoms with E-state index in [2.05, 4.69) is 35.8 Å². The van der Waals surface area contributed by atoms with Crippen LogP contribution >= 0.6 is 27.5 Å². The first-order valence-corrected chi connectivity index (χ1v) is 7.64. The molecule has 20 heavy (non-hydrogen) atoms. The van der Waals surface area contributed by atoms with Gasteiger partial charge in [-0.05, 0) is 47.9 Å². The van der Waals surface area contributed by atoms with Gasteiger partial charge in [-0.15, -0.1) is 0 Å². The molecule has 0 saturated heterocycles. The van der Waals surface area contributed by atoms with Crippen molar-refractivity contribution in [3.63, 3.8) is 0 Å². The molecule has 0 saturated carbocycles. The van der Waals surface area contributed by atoms with Gasteiger partial charge in [0.2, 0.25) is 0 Å². The molecule has 0 aromatic heterocycles. The fourth-order valence-corrected chi connectivity index (χ4v) is 2.56. The van der Waals surface area contributed by atoms with Crippen LogP contribution in [-0.2, 0) is 6.54 Å². The Labute approximate surface area is 133 Å². The third-order valence-corrected chi connectivity index (χ3v) is 3.78. The summed E-state index contributed by atoms with van der Waals surface area (Å²) in [6.07, 6.45) is 0. The van der Waals surface area contributed by atoms with Crippen LogP contribution in [0.15, 0.2) is 40.9 Å². The van der Waals surface area contributed by atoms with Crippen molar-refractivity contribution in [1.29, 1.82) is 0 Å². The minimum absolute atomic E-state index is 0.371. The zero-order valence-electron chi connectivity index (χ0n) is 11.5. The number of nitrogens with two attached hydrogens (primary N) is 1. The molecule has 0 aliphatic rings. The molecule has 2 aromatic rings. The molecule has 2 nitrogen and oxygen atoms in total. The third-order valence-electron chi connectivity index (χ3n) is 3.06. The molecule has 2 rings (SSSR count). The molecular formula is C16H17BrClNO. The molecular weight excluding hydrogens is 338 g/mol. The van der Waals surface area contributed by atoms with Gasteiger partial charge in [-0.2, -0.15) is 0 Å². The van der Waals surface area contributed by atoms with E-state index in [1.54, 1.807) is 0 Å². The number of hydrogen-bond acceptors (Lipinski definition) is 2. The monoisotopic (exact) mass is 353 g/mol. The Morgan fingerprint density at radius 2 is 1.85 bits per heavy atom. The zero-order valence-corrected chi connectivity index (χ0v) is 13.8. The van der Waals surface area contributed by atoms with E-state index in [1.165, 1.54) is 0 Å². The molecule has 0 unspecified atom stereocenters. The average Bonchev–Trinajstić information content (AvgIpc) is 2.42. The van der Waals surface area contributed by atoms with Gasteiger partial charge in [0.1, 0.15) is 11.5 Å². The lowest BCUT2D eigenvalue weighted by atomic mass is 10.0. The summed E-state index contributed by atoms with van der Waals surface area (Å²) in [6.45, 7) is 4.67. The second-order valence-electron chi connectivity index (χ2n) is 4.90. The standard InChI is InChI=1S/C16H17BrClNO/c1-10(2)14-8-12(17)3-5-16(14)20-15-6-4-13(18)7-11(15)9-19/h3-8,10H,9,19H2,1-2H3. The summed E-state index contributed by atoms with van der Waals surface area (Å²) in [4.78, 5) is 0. The van der Waals surface area contributed by atoms with Crippen molar-refractivity contribution >= 4 is 27.5 Å². The van der Waals surface area contributed by atoms with Gasteiger partial charge in [0.25, 0.3) is 0 Å². The van der Waals surface area contributed by atoms with Crippen molar-refractivity contribution < 1.29 is 4.74 Å². The lowest BCUT2D eigenvalue weighted by Gasteiger charge is -2.16. The second kappa shape index (κ2) is 6.61. The van der Waals surface area contributed by atoms with Crippen LogP contribution in [0.4, 0.5) is 0 Å². The largest absolute Gasteiger partial charge is 0.457 e. The fraction of sp³-hybridized carbons (Fsp3) is 0.250. The van der Waals surface area contributed by atoms with E-state index in [4.69, 9.17) is 22.1 Å². The quantitative estimate of drug-likeness (QED) is 0.789. The van der Waals surface area contributed by atoms with Crippen LogP contribution in [-0.4, -0.2) is 0 Å². The van der Waals surface area contributed by atoms with Gasteiger partial charge in [-0.3, -0.25) is 0 Å². The highest BCUT2D eigenvalue weighted by Gasteiger charge is 2.11. The number of hydrogen-bond donors (Lipinski definition) is 1. The summed E-state index contributed by atoms with van der Waals surface area (Å²) in [5, 5.41) is 0.665. The van der Waals surface area contributed by atoms with E-state index < -0.39 is 0 Å². The van der Waals surface area contributed by atoms with Crippen LogP contribution < -0.4 is 10.5 Å². The van der Waals surface area contributed by atoms with E-state index in [-0.39, 0.29) is 0 Å². The molecule has 0 fully saturated rings. The van der Waals surface area contributed by atoms with Gasteiger partial charge in [-0.1, -0.05) is 41.4 Å². The maximum atomic E-state index is 6.04. The number of rotatable bonds is 4. The van der Waals surface area contributed by atoms with E-state index in [1.807, 2.05) is 30.3 Å². The highest BCUT2D eigenvalue weighted by atomic mass is 79.9. The highest BCUT2D eigenvalue weighted by molar-refractivity contribution is 9.10. The van der Waals surface area contributed by atoms with Crippen molar-refractivity contribution in [3.05, 3.63) is 57.0 Å². The van der Waals surface area contributed by atoms with E-state index in [0.717, 1.165) is 27.1 Å². The van der Waals surface area contributed by atoms with Gasteiger partial charge >= 0.3 is 0 Å². The first-order chi connectivity index (χ1) is 9.51.